The van der Waals surface area contributed by atoms with Crippen LogP contribution in [-0.2, 0) is 4.79 Å². The molecule has 0 aliphatic heterocycles. The summed E-state index contributed by atoms with van der Waals surface area (Å²) in [7, 11) is 0. The second kappa shape index (κ2) is 11.8. The molecular formula is C27H19BrCl2N2O2S. The van der Waals surface area contributed by atoms with Gasteiger partial charge in [0.15, 0.2) is 0 Å². The van der Waals surface area contributed by atoms with Gasteiger partial charge in [0, 0.05) is 25.8 Å². The minimum Gasteiger partial charge on any atom is -0.325 e. The standard InChI is InChI=1S/C27H19BrCl2N2O2S/c28-18-9-12-20(13-10-18)31-27(34)25(17-5-2-1-3-6-17)35-22-8-4-7-21(16-22)32-26(33)23-14-11-19(29)15-24(23)30/h1-16,25H,(H,31,34)(H,32,33). The third kappa shape index (κ3) is 6.89. The SMILES string of the molecule is O=C(Nc1cccc(SC(C(=O)Nc2ccc(Br)cc2)c2ccccc2)c1)c1ccc(Cl)cc1Cl. The number of halogens is 3. The Morgan fingerprint density at radius 1 is 0.771 bits per heavy atom. The summed E-state index contributed by atoms with van der Waals surface area (Å²) in [6, 6.07) is 29.1. The molecule has 35 heavy (non-hydrogen) atoms. The molecule has 8 heteroatoms. The van der Waals surface area contributed by atoms with Crippen LogP contribution < -0.4 is 10.6 Å². The number of thioether (sulfide) groups is 1. The Morgan fingerprint density at radius 3 is 2.23 bits per heavy atom. The average molecular weight is 586 g/mol. The van der Waals surface area contributed by atoms with Gasteiger partial charge in [0.2, 0.25) is 5.91 Å². The monoisotopic (exact) mass is 584 g/mol. The first-order valence-corrected chi connectivity index (χ1v) is 13.0. The number of anilines is 2. The summed E-state index contributed by atoms with van der Waals surface area (Å²) in [5.41, 5.74) is 2.49. The fourth-order valence-corrected chi connectivity index (χ4v) is 5.14. The molecule has 0 aliphatic carbocycles. The zero-order valence-corrected chi connectivity index (χ0v) is 22.1. The molecule has 0 radical (unpaired) electrons. The van der Waals surface area contributed by atoms with E-state index in [1.54, 1.807) is 18.2 Å². The molecule has 4 nitrogen and oxygen atoms in total. The Hall–Kier alpha value is -2.77. The number of hydrogen-bond donors (Lipinski definition) is 2. The molecule has 4 aromatic rings. The minimum absolute atomic E-state index is 0.147. The van der Waals surface area contributed by atoms with E-state index in [0.29, 0.717) is 22.0 Å². The van der Waals surface area contributed by atoms with Crippen molar-refractivity contribution in [3.05, 3.63) is 123 Å². The van der Waals surface area contributed by atoms with Crippen molar-refractivity contribution in [1.82, 2.24) is 0 Å². The van der Waals surface area contributed by atoms with Crippen molar-refractivity contribution in [2.75, 3.05) is 10.6 Å². The summed E-state index contributed by atoms with van der Waals surface area (Å²) in [6.45, 7) is 0. The van der Waals surface area contributed by atoms with Crippen LogP contribution in [0.4, 0.5) is 11.4 Å². The largest absolute Gasteiger partial charge is 0.325 e. The Kier molecular flexibility index (Phi) is 8.52. The van der Waals surface area contributed by atoms with Crippen molar-refractivity contribution in [2.24, 2.45) is 0 Å². The van der Waals surface area contributed by atoms with Crippen LogP contribution in [0, 0.1) is 0 Å². The number of amides is 2. The van der Waals surface area contributed by atoms with Gasteiger partial charge in [-0.25, -0.2) is 0 Å². The molecule has 0 heterocycles. The van der Waals surface area contributed by atoms with Gasteiger partial charge in [-0.05, 0) is 66.2 Å². The maximum Gasteiger partial charge on any atom is 0.257 e. The Morgan fingerprint density at radius 2 is 1.51 bits per heavy atom. The van der Waals surface area contributed by atoms with Gasteiger partial charge < -0.3 is 10.6 Å². The molecule has 0 spiro atoms. The number of carbonyl (C=O) groups excluding carboxylic acids is 2. The summed E-state index contributed by atoms with van der Waals surface area (Å²) in [5, 5.41) is 6.08. The van der Waals surface area contributed by atoms with E-state index >= 15 is 0 Å². The minimum atomic E-state index is -0.503. The quantitative estimate of drug-likeness (QED) is 0.214. The fraction of sp³-hybridized carbons (Fsp3) is 0.0370. The van der Waals surface area contributed by atoms with Crippen LogP contribution in [0.25, 0.3) is 0 Å². The van der Waals surface area contributed by atoms with E-state index in [1.165, 1.54) is 17.8 Å². The molecule has 0 saturated heterocycles. The zero-order valence-electron chi connectivity index (χ0n) is 18.2. The molecule has 176 valence electrons. The van der Waals surface area contributed by atoms with Crippen LogP contribution in [0.3, 0.4) is 0 Å². The Balaban J connectivity index is 1.54. The summed E-state index contributed by atoms with van der Waals surface area (Å²) in [6.07, 6.45) is 0. The van der Waals surface area contributed by atoms with E-state index in [9.17, 15) is 9.59 Å². The molecule has 0 fully saturated rings. The van der Waals surface area contributed by atoms with Gasteiger partial charge >= 0.3 is 0 Å². The average Bonchev–Trinajstić information content (AvgIpc) is 2.84. The first-order valence-electron chi connectivity index (χ1n) is 10.5. The Bertz CT molecular complexity index is 1350. The van der Waals surface area contributed by atoms with Gasteiger partial charge in [-0.3, -0.25) is 9.59 Å². The van der Waals surface area contributed by atoms with Crippen LogP contribution in [-0.4, -0.2) is 11.8 Å². The van der Waals surface area contributed by atoms with E-state index in [1.807, 2.05) is 72.8 Å². The third-order valence-corrected chi connectivity index (χ3v) is 7.30. The highest BCUT2D eigenvalue weighted by atomic mass is 79.9. The van der Waals surface area contributed by atoms with Crippen LogP contribution in [0.1, 0.15) is 21.2 Å². The van der Waals surface area contributed by atoms with E-state index in [0.717, 1.165) is 14.9 Å². The summed E-state index contributed by atoms with van der Waals surface area (Å²) in [5.74, 6) is -0.493. The summed E-state index contributed by atoms with van der Waals surface area (Å²) in [4.78, 5) is 26.8. The van der Waals surface area contributed by atoms with Crippen LogP contribution in [0.15, 0.2) is 106 Å². The first kappa shape index (κ1) is 25.3. The maximum absolute atomic E-state index is 13.3. The van der Waals surface area contributed by atoms with E-state index in [2.05, 4.69) is 26.6 Å². The lowest BCUT2D eigenvalue weighted by Gasteiger charge is -2.18. The number of hydrogen-bond acceptors (Lipinski definition) is 3. The Labute approximate surface area is 226 Å². The van der Waals surface area contributed by atoms with Gasteiger partial charge in [-0.15, -0.1) is 11.8 Å². The van der Waals surface area contributed by atoms with Crippen molar-refractivity contribution in [2.45, 2.75) is 10.1 Å². The van der Waals surface area contributed by atoms with E-state index in [4.69, 9.17) is 23.2 Å². The number of nitrogens with one attached hydrogen (secondary N) is 2. The van der Waals surface area contributed by atoms with Crippen LogP contribution in [0.2, 0.25) is 10.0 Å². The molecular weight excluding hydrogens is 567 g/mol. The normalized spacial score (nSPS) is 11.5. The van der Waals surface area contributed by atoms with Gasteiger partial charge in [0.05, 0.1) is 10.6 Å². The maximum atomic E-state index is 13.3. The van der Waals surface area contributed by atoms with Gasteiger partial charge in [-0.1, -0.05) is 75.5 Å². The van der Waals surface area contributed by atoms with Gasteiger partial charge in [0.1, 0.15) is 5.25 Å². The smallest absolute Gasteiger partial charge is 0.257 e. The fourth-order valence-electron chi connectivity index (χ4n) is 3.30. The molecule has 0 aromatic heterocycles. The topological polar surface area (TPSA) is 58.2 Å². The molecule has 0 bridgehead atoms. The lowest BCUT2D eigenvalue weighted by atomic mass is 10.1. The molecule has 4 aromatic carbocycles. The number of rotatable bonds is 7. The van der Waals surface area contributed by atoms with E-state index in [-0.39, 0.29) is 16.8 Å². The second-order valence-corrected chi connectivity index (χ2v) is 10.4. The zero-order chi connectivity index (χ0) is 24.8. The lowest BCUT2D eigenvalue weighted by molar-refractivity contribution is -0.115. The van der Waals surface area contributed by atoms with Gasteiger partial charge in [-0.2, -0.15) is 0 Å². The molecule has 2 amide bonds. The molecule has 0 aliphatic rings. The second-order valence-electron chi connectivity index (χ2n) is 7.51. The van der Waals surface area contributed by atoms with Crippen molar-refractivity contribution in [3.8, 4) is 0 Å². The van der Waals surface area contributed by atoms with Crippen LogP contribution in [0.5, 0.6) is 0 Å². The van der Waals surface area contributed by atoms with Crippen molar-refractivity contribution in [3.63, 3.8) is 0 Å². The first-order chi connectivity index (χ1) is 16.9. The predicted molar refractivity (Wildman–Crippen MR) is 149 cm³/mol. The predicted octanol–water partition coefficient (Wildman–Crippen LogP) is 8.48. The van der Waals surface area contributed by atoms with Crippen molar-refractivity contribution in [1.29, 1.82) is 0 Å². The highest BCUT2D eigenvalue weighted by Gasteiger charge is 2.22. The summed E-state index contributed by atoms with van der Waals surface area (Å²) < 4.78 is 0.934. The van der Waals surface area contributed by atoms with E-state index < -0.39 is 5.25 Å². The molecule has 1 atom stereocenters. The number of carbonyl (C=O) groups is 2. The highest BCUT2D eigenvalue weighted by molar-refractivity contribution is 9.10. The van der Waals surface area contributed by atoms with Crippen molar-refractivity contribution >= 4 is 74.1 Å². The molecule has 4 rings (SSSR count). The number of benzene rings is 4. The molecule has 2 N–H and O–H groups in total. The summed E-state index contributed by atoms with van der Waals surface area (Å²) >= 11 is 16.9. The highest BCUT2D eigenvalue weighted by Crippen LogP contribution is 2.37. The third-order valence-electron chi connectivity index (χ3n) is 4.97. The van der Waals surface area contributed by atoms with Crippen LogP contribution >= 0.6 is 50.9 Å². The van der Waals surface area contributed by atoms with Crippen molar-refractivity contribution < 1.29 is 9.59 Å². The van der Waals surface area contributed by atoms with Gasteiger partial charge in [0.25, 0.3) is 5.91 Å². The molecule has 1 unspecified atom stereocenters. The molecule has 0 saturated carbocycles. The lowest BCUT2D eigenvalue weighted by Crippen LogP contribution is -2.19.